The monoisotopic (exact) mass is 417 g/mol. The van der Waals surface area contributed by atoms with Crippen LogP contribution in [0.2, 0.25) is 0 Å². The van der Waals surface area contributed by atoms with Gasteiger partial charge in [-0.3, -0.25) is 9.59 Å². The number of carbonyl (C=O) groups excluding carboxylic acids is 2. The number of piperidine rings is 1. The first kappa shape index (κ1) is 22.2. The first-order valence-corrected chi connectivity index (χ1v) is 11.9. The lowest BCUT2D eigenvalue weighted by atomic mass is 9.94. The molecule has 160 valence electrons. The van der Waals surface area contributed by atoms with E-state index in [9.17, 15) is 9.59 Å². The molecule has 0 aromatic heterocycles. The number of carbonyl (C=O) groups is 2. The predicted molar refractivity (Wildman–Crippen MR) is 119 cm³/mol. The Bertz CT molecular complexity index is 697. The maximum absolute atomic E-state index is 13.2. The maximum atomic E-state index is 13.2. The summed E-state index contributed by atoms with van der Waals surface area (Å²) in [6.07, 6.45) is 7.98. The van der Waals surface area contributed by atoms with Crippen LogP contribution in [0, 0.1) is 0 Å². The third-order valence-corrected chi connectivity index (χ3v) is 7.60. The summed E-state index contributed by atoms with van der Waals surface area (Å²) in [5, 5.41) is 0. The largest absolute Gasteiger partial charge is 0.342 e. The molecule has 1 saturated carbocycles. The molecule has 1 aliphatic carbocycles. The molecule has 2 fully saturated rings. The topological polar surface area (TPSA) is 43.9 Å². The number of amides is 2. The lowest BCUT2D eigenvalue weighted by Crippen LogP contribution is -2.44. The van der Waals surface area contributed by atoms with Crippen molar-refractivity contribution in [3.05, 3.63) is 29.8 Å². The Kier molecular flexibility index (Phi) is 8.01. The average Bonchev–Trinajstić information content (AvgIpc) is 2.77. The normalized spacial score (nSPS) is 19.1. The predicted octanol–water partition coefficient (Wildman–Crippen LogP) is 3.74. The molecule has 6 heteroatoms. The first-order chi connectivity index (χ1) is 14.0. The van der Waals surface area contributed by atoms with E-state index < -0.39 is 0 Å². The Balaban J connectivity index is 1.60. The van der Waals surface area contributed by atoms with E-state index >= 15 is 0 Å². The van der Waals surface area contributed by atoms with Crippen molar-refractivity contribution >= 4 is 23.6 Å². The van der Waals surface area contributed by atoms with Crippen molar-refractivity contribution in [2.45, 2.75) is 61.9 Å². The number of thioether (sulfide) groups is 1. The molecular weight excluding hydrogens is 382 g/mol. The lowest BCUT2D eigenvalue weighted by Gasteiger charge is -2.35. The number of rotatable bonds is 6. The van der Waals surface area contributed by atoms with Gasteiger partial charge < -0.3 is 14.7 Å². The third kappa shape index (κ3) is 5.76. The van der Waals surface area contributed by atoms with Crippen LogP contribution in [0.3, 0.4) is 0 Å². The Morgan fingerprint density at radius 2 is 1.59 bits per heavy atom. The molecule has 2 aliphatic rings. The van der Waals surface area contributed by atoms with E-state index in [-0.39, 0.29) is 17.9 Å². The van der Waals surface area contributed by atoms with Crippen molar-refractivity contribution in [3.8, 4) is 0 Å². The summed E-state index contributed by atoms with van der Waals surface area (Å²) in [4.78, 5) is 32.9. The average molecular weight is 418 g/mol. The molecule has 1 heterocycles. The number of hydrogen-bond acceptors (Lipinski definition) is 4. The number of nitrogens with zero attached hydrogens (tertiary/aromatic N) is 3. The Morgan fingerprint density at radius 1 is 0.966 bits per heavy atom. The van der Waals surface area contributed by atoms with Gasteiger partial charge in [-0.1, -0.05) is 31.4 Å². The summed E-state index contributed by atoms with van der Waals surface area (Å²) >= 11 is 1.49. The Morgan fingerprint density at radius 3 is 2.28 bits per heavy atom. The summed E-state index contributed by atoms with van der Waals surface area (Å²) in [6, 6.07) is 8.39. The van der Waals surface area contributed by atoms with Crippen molar-refractivity contribution in [3.63, 3.8) is 0 Å². The molecule has 0 N–H and O–H groups in total. The van der Waals surface area contributed by atoms with Gasteiger partial charge in [0.1, 0.15) is 0 Å². The second-order valence-corrected chi connectivity index (χ2v) is 9.55. The van der Waals surface area contributed by atoms with Crippen LogP contribution in [-0.4, -0.2) is 78.6 Å². The molecule has 0 atom stereocenters. The van der Waals surface area contributed by atoms with Gasteiger partial charge in [-0.25, -0.2) is 0 Å². The minimum atomic E-state index is 0.0655. The van der Waals surface area contributed by atoms with Crippen molar-refractivity contribution in [1.29, 1.82) is 0 Å². The SMILES string of the molecule is CN1CCC(N(C)C(=O)c2ccccc2SCC(=O)N(C)C2CCCCC2)CC1. The smallest absolute Gasteiger partial charge is 0.254 e. The van der Waals surface area contributed by atoms with Gasteiger partial charge >= 0.3 is 0 Å². The van der Waals surface area contributed by atoms with Crippen LogP contribution < -0.4 is 0 Å². The Labute approximate surface area is 179 Å². The van der Waals surface area contributed by atoms with E-state index in [0.29, 0.717) is 17.4 Å². The van der Waals surface area contributed by atoms with Gasteiger partial charge in [-0.2, -0.15) is 0 Å². The van der Waals surface area contributed by atoms with Crippen LogP contribution in [0.1, 0.15) is 55.3 Å². The highest BCUT2D eigenvalue weighted by molar-refractivity contribution is 8.00. The van der Waals surface area contributed by atoms with Crippen LogP contribution in [-0.2, 0) is 4.79 Å². The number of likely N-dealkylation sites (tertiary alicyclic amines) is 1. The molecule has 1 aromatic rings. The van der Waals surface area contributed by atoms with Gasteiger partial charge in [0.25, 0.3) is 5.91 Å². The zero-order valence-electron chi connectivity index (χ0n) is 18.1. The zero-order valence-corrected chi connectivity index (χ0v) is 18.9. The van der Waals surface area contributed by atoms with E-state index in [4.69, 9.17) is 0 Å². The van der Waals surface area contributed by atoms with Gasteiger partial charge in [0.15, 0.2) is 0 Å². The van der Waals surface area contributed by atoms with E-state index in [2.05, 4.69) is 11.9 Å². The fourth-order valence-electron chi connectivity index (χ4n) is 4.42. The summed E-state index contributed by atoms with van der Waals surface area (Å²) in [6.45, 7) is 2.06. The van der Waals surface area contributed by atoms with Crippen molar-refractivity contribution in [1.82, 2.24) is 14.7 Å². The molecule has 3 rings (SSSR count). The molecular formula is C23H35N3O2S. The highest BCUT2D eigenvalue weighted by Crippen LogP contribution is 2.27. The van der Waals surface area contributed by atoms with Crippen LogP contribution in [0.15, 0.2) is 29.2 Å². The summed E-state index contributed by atoms with van der Waals surface area (Å²) < 4.78 is 0. The highest BCUT2D eigenvalue weighted by atomic mass is 32.2. The molecule has 0 spiro atoms. The molecule has 1 saturated heterocycles. The molecule has 0 bridgehead atoms. The van der Waals surface area contributed by atoms with E-state index in [1.807, 2.05) is 48.2 Å². The lowest BCUT2D eigenvalue weighted by molar-refractivity contribution is -0.129. The molecule has 2 amide bonds. The number of hydrogen-bond donors (Lipinski definition) is 0. The summed E-state index contributed by atoms with van der Waals surface area (Å²) in [5.41, 5.74) is 0.715. The van der Waals surface area contributed by atoms with Crippen molar-refractivity contribution in [2.24, 2.45) is 0 Å². The fourth-order valence-corrected chi connectivity index (χ4v) is 5.39. The zero-order chi connectivity index (χ0) is 20.8. The van der Waals surface area contributed by atoms with E-state index in [1.165, 1.54) is 31.0 Å². The maximum Gasteiger partial charge on any atom is 0.254 e. The van der Waals surface area contributed by atoms with Crippen LogP contribution >= 0.6 is 11.8 Å². The Hall–Kier alpha value is -1.53. The van der Waals surface area contributed by atoms with E-state index in [0.717, 1.165) is 43.7 Å². The van der Waals surface area contributed by atoms with E-state index in [1.54, 1.807) is 0 Å². The molecule has 0 radical (unpaired) electrons. The van der Waals surface area contributed by atoms with Gasteiger partial charge in [0, 0.05) is 31.1 Å². The summed E-state index contributed by atoms with van der Waals surface area (Å²) in [5.74, 6) is 0.610. The van der Waals surface area contributed by atoms with Crippen LogP contribution in [0.5, 0.6) is 0 Å². The second-order valence-electron chi connectivity index (χ2n) is 8.53. The van der Waals surface area contributed by atoms with Crippen LogP contribution in [0.4, 0.5) is 0 Å². The number of benzene rings is 1. The van der Waals surface area contributed by atoms with Gasteiger partial charge in [0.2, 0.25) is 5.91 Å². The third-order valence-electron chi connectivity index (χ3n) is 6.54. The molecule has 0 unspecified atom stereocenters. The molecule has 1 aromatic carbocycles. The minimum absolute atomic E-state index is 0.0655. The molecule has 1 aliphatic heterocycles. The van der Waals surface area contributed by atoms with Gasteiger partial charge in [-0.15, -0.1) is 11.8 Å². The standard InChI is InChI=1S/C23H35N3O2S/c1-24-15-13-19(14-16-24)26(3)23(28)20-11-7-8-12-21(20)29-17-22(27)25(2)18-9-5-4-6-10-18/h7-8,11-12,18-19H,4-6,9-10,13-17H2,1-3H3. The highest BCUT2D eigenvalue weighted by Gasteiger charge is 2.27. The van der Waals surface area contributed by atoms with Crippen molar-refractivity contribution in [2.75, 3.05) is 40.0 Å². The van der Waals surface area contributed by atoms with Crippen molar-refractivity contribution < 1.29 is 9.59 Å². The quantitative estimate of drug-likeness (QED) is 0.662. The fraction of sp³-hybridized carbons (Fsp3) is 0.652. The molecule has 5 nitrogen and oxygen atoms in total. The minimum Gasteiger partial charge on any atom is -0.342 e. The summed E-state index contributed by atoms with van der Waals surface area (Å²) in [7, 11) is 5.98. The second kappa shape index (κ2) is 10.5. The van der Waals surface area contributed by atoms with Gasteiger partial charge in [0.05, 0.1) is 11.3 Å². The first-order valence-electron chi connectivity index (χ1n) is 10.9. The van der Waals surface area contributed by atoms with Crippen LogP contribution in [0.25, 0.3) is 0 Å². The van der Waals surface area contributed by atoms with Gasteiger partial charge in [-0.05, 0) is 58.0 Å². The molecule has 29 heavy (non-hydrogen) atoms.